The number of hydrogen-bond donors (Lipinski definition) is 1. The van der Waals surface area contributed by atoms with E-state index < -0.39 is 0 Å². The minimum atomic E-state index is -0.206. The second-order valence-corrected chi connectivity index (χ2v) is 5.07. The number of amides is 1. The Balaban J connectivity index is 1.86. The van der Waals surface area contributed by atoms with E-state index in [0.717, 1.165) is 11.4 Å². The predicted octanol–water partition coefficient (Wildman–Crippen LogP) is 3.97. The first kappa shape index (κ1) is 14.9. The number of furan rings is 1. The van der Waals surface area contributed by atoms with Crippen molar-refractivity contribution < 1.29 is 13.9 Å². The van der Waals surface area contributed by atoms with Crippen LogP contribution >= 0.6 is 0 Å². The van der Waals surface area contributed by atoms with Gasteiger partial charge in [-0.05, 0) is 48.4 Å². The van der Waals surface area contributed by atoms with Gasteiger partial charge in [-0.2, -0.15) is 0 Å². The largest absolute Gasteiger partial charge is 0.493 e. The monoisotopic (exact) mass is 285 g/mol. The van der Waals surface area contributed by atoms with E-state index in [2.05, 4.69) is 19.2 Å². The molecule has 0 atom stereocenters. The quantitative estimate of drug-likeness (QED) is 0.817. The highest BCUT2D eigenvalue weighted by molar-refractivity contribution is 6.01. The highest BCUT2D eigenvalue weighted by Gasteiger charge is 2.00. The fourth-order valence-electron chi connectivity index (χ4n) is 1.63. The average Bonchev–Trinajstić information content (AvgIpc) is 2.98. The van der Waals surface area contributed by atoms with Crippen molar-refractivity contribution in [1.82, 2.24) is 0 Å². The van der Waals surface area contributed by atoms with Crippen LogP contribution in [-0.4, -0.2) is 12.5 Å². The Morgan fingerprint density at radius 3 is 2.67 bits per heavy atom. The number of rotatable bonds is 6. The first-order chi connectivity index (χ1) is 10.1. The molecule has 2 aromatic rings. The zero-order chi connectivity index (χ0) is 15.1. The van der Waals surface area contributed by atoms with Gasteiger partial charge in [0.2, 0.25) is 5.91 Å². The minimum Gasteiger partial charge on any atom is -0.493 e. The standard InChI is InChI=1S/C17H19NO3/c1-13(2)12-21-16-7-5-14(6-8-16)18-17(19)10-9-15-4-3-11-20-15/h3-11,13H,12H2,1-2H3,(H,18,19)/b10-9+. The van der Waals surface area contributed by atoms with Crippen LogP contribution in [0.3, 0.4) is 0 Å². The number of hydrogen-bond acceptors (Lipinski definition) is 3. The van der Waals surface area contributed by atoms with Crippen molar-refractivity contribution in [3.63, 3.8) is 0 Å². The molecule has 0 unspecified atom stereocenters. The molecular formula is C17H19NO3. The Morgan fingerprint density at radius 1 is 1.29 bits per heavy atom. The fraction of sp³-hybridized carbons (Fsp3) is 0.235. The number of ether oxygens (including phenoxy) is 1. The summed E-state index contributed by atoms with van der Waals surface area (Å²) in [7, 11) is 0. The zero-order valence-electron chi connectivity index (χ0n) is 12.2. The van der Waals surface area contributed by atoms with Crippen LogP contribution in [0.1, 0.15) is 19.6 Å². The second-order valence-electron chi connectivity index (χ2n) is 5.07. The molecule has 1 N–H and O–H groups in total. The average molecular weight is 285 g/mol. The van der Waals surface area contributed by atoms with Gasteiger partial charge < -0.3 is 14.5 Å². The molecule has 0 radical (unpaired) electrons. The SMILES string of the molecule is CC(C)COc1ccc(NC(=O)/C=C/c2ccco2)cc1. The molecule has 1 aromatic carbocycles. The number of nitrogens with one attached hydrogen (secondary N) is 1. The first-order valence-electron chi connectivity index (χ1n) is 6.89. The molecule has 2 rings (SSSR count). The molecule has 1 heterocycles. The Bertz CT molecular complexity index is 583. The topological polar surface area (TPSA) is 51.5 Å². The van der Waals surface area contributed by atoms with Crippen molar-refractivity contribution in [2.45, 2.75) is 13.8 Å². The van der Waals surface area contributed by atoms with Crippen LogP contribution in [0.25, 0.3) is 6.08 Å². The van der Waals surface area contributed by atoms with E-state index in [1.54, 1.807) is 24.5 Å². The van der Waals surface area contributed by atoms with Gasteiger partial charge in [0, 0.05) is 11.8 Å². The third-order valence-corrected chi connectivity index (χ3v) is 2.65. The maximum atomic E-state index is 11.7. The molecule has 0 saturated heterocycles. The van der Waals surface area contributed by atoms with Crippen LogP contribution in [0, 0.1) is 5.92 Å². The molecule has 0 saturated carbocycles. The summed E-state index contributed by atoms with van der Waals surface area (Å²) in [5, 5.41) is 2.77. The predicted molar refractivity (Wildman–Crippen MR) is 83.1 cm³/mol. The van der Waals surface area contributed by atoms with E-state index in [9.17, 15) is 4.79 Å². The molecule has 21 heavy (non-hydrogen) atoms. The summed E-state index contributed by atoms with van der Waals surface area (Å²) in [6, 6.07) is 10.9. The maximum Gasteiger partial charge on any atom is 0.248 e. The highest BCUT2D eigenvalue weighted by atomic mass is 16.5. The lowest BCUT2D eigenvalue weighted by Crippen LogP contribution is -2.08. The summed E-state index contributed by atoms with van der Waals surface area (Å²) in [5.74, 6) is 1.72. The summed E-state index contributed by atoms with van der Waals surface area (Å²) in [4.78, 5) is 11.7. The lowest BCUT2D eigenvalue weighted by molar-refractivity contribution is -0.111. The van der Waals surface area contributed by atoms with E-state index in [-0.39, 0.29) is 5.91 Å². The summed E-state index contributed by atoms with van der Waals surface area (Å²) in [6.07, 6.45) is 4.62. The summed E-state index contributed by atoms with van der Waals surface area (Å²) in [6.45, 7) is 4.87. The van der Waals surface area contributed by atoms with Gasteiger partial charge in [-0.3, -0.25) is 4.79 Å². The molecule has 0 spiro atoms. The van der Waals surface area contributed by atoms with Crippen molar-refractivity contribution in [3.05, 3.63) is 54.5 Å². The van der Waals surface area contributed by atoms with Crippen LogP contribution in [0.4, 0.5) is 5.69 Å². The van der Waals surface area contributed by atoms with Gasteiger partial charge in [0.05, 0.1) is 12.9 Å². The van der Waals surface area contributed by atoms with Gasteiger partial charge in [0.15, 0.2) is 0 Å². The van der Waals surface area contributed by atoms with Crippen LogP contribution in [-0.2, 0) is 4.79 Å². The normalized spacial score (nSPS) is 11.0. The Labute approximate surface area is 124 Å². The Kier molecular flexibility index (Phi) is 5.21. The van der Waals surface area contributed by atoms with Crippen LogP contribution in [0.2, 0.25) is 0 Å². The van der Waals surface area contributed by atoms with E-state index >= 15 is 0 Å². The number of anilines is 1. The lowest BCUT2D eigenvalue weighted by atomic mass is 10.2. The first-order valence-corrected chi connectivity index (χ1v) is 6.89. The molecule has 4 heteroatoms. The Hall–Kier alpha value is -2.49. The van der Waals surface area contributed by atoms with Gasteiger partial charge >= 0.3 is 0 Å². The number of benzene rings is 1. The van der Waals surface area contributed by atoms with Crippen molar-refractivity contribution in [3.8, 4) is 5.75 Å². The highest BCUT2D eigenvalue weighted by Crippen LogP contribution is 2.16. The summed E-state index contributed by atoms with van der Waals surface area (Å²) >= 11 is 0. The molecule has 4 nitrogen and oxygen atoms in total. The zero-order valence-corrected chi connectivity index (χ0v) is 12.2. The molecule has 110 valence electrons. The minimum absolute atomic E-state index is 0.206. The van der Waals surface area contributed by atoms with Crippen molar-refractivity contribution in [1.29, 1.82) is 0 Å². The Morgan fingerprint density at radius 2 is 2.05 bits per heavy atom. The molecule has 0 aliphatic heterocycles. The molecule has 0 aliphatic carbocycles. The molecule has 0 fully saturated rings. The maximum absolute atomic E-state index is 11.7. The molecule has 1 amide bonds. The van der Waals surface area contributed by atoms with Crippen LogP contribution in [0.15, 0.2) is 53.2 Å². The van der Waals surface area contributed by atoms with E-state index in [4.69, 9.17) is 9.15 Å². The molecular weight excluding hydrogens is 266 g/mol. The van der Waals surface area contributed by atoms with Crippen molar-refractivity contribution in [2.75, 3.05) is 11.9 Å². The molecule has 0 bridgehead atoms. The summed E-state index contributed by atoms with van der Waals surface area (Å²) in [5.41, 5.74) is 0.723. The van der Waals surface area contributed by atoms with Crippen molar-refractivity contribution >= 4 is 17.7 Å². The smallest absolute Gasteiger partial charge is 0.248 e. The van der Waals surface area contributed by atoms with E-state index in [1.807, 2.05) is 24.3 Å². The number of carbonyl (C=O) groups is 1. The third kappa shape index (κ3) is 5.18. The van der Waals surface area contributed by atoms with E-state index in [1.165, 1.54) is 6.08 Å². The molecule has 1 aromatic heterocycles. The summed E-state index contributed by atoms with van der Waals surface area (Å²) < 4.78 is 10.7. The third-order valence-electron chi connectivity index (χ3n) is 2.65. The van der Waals surface area contributed by atoms with Gasteiger partial charge in [0.1, 0.15) is 11.5 Å². The van der Waals surface area contributed by atoms with Crippen LogP contribution in [0.5, 0.6) is 5.75 Å². The van der Waals surface area contributed by atoms with Crippen LogP contribution < -0.4 is 10.1 Å². The van der Waals surface area contributed by atoms with E-state index in [0.29, 0.717) is 18.3 Å². The van der Waals surface area contributed by atoms with Gasteiger partial charge in [0.25, 0.3) is 0 Å². The second kappa shape index (κ2) is 7.33. The number of carbonyl (C=O) groups excluding carboxylic acids is 1. The fourth-order valence-corrected chi connectivity index (χ4v) is 1.63. The lowest BCUT2D eigenvalue weighted by Gasteiger charge is -2.09. The van der Waals surface area contributed by atoms with Gasteiger partial charge in [-0.15, -0.1) is 0 Å². The van der Waals surface area contributed by atoms with Gasteiger partial charge in [-0.1, -0.05) is 13.8 Å². The van der Waals surface area contributed by atoms with Gasteiger partial charge in [-0.25, -0.2) is 0 Å². The van der Waals surface area contributed by atoms with Crippen molar-refractivity contribution in [2.24, 2.45) is 5.92 Å². The molecule has 0 aliphatic rings.